The van der Waals surface area contributed by atoms with E-state index in [4.69, 9.17) is 4.98 Å². The monoisotopic (exact) mass is 612 g/mol. The Morgan fingerprint density at radius 2 is 0.933 bits per heavy atom. The SMILES string of the molecule is C(=C\c1c2ccccc2nc2ccccc12)/c1ccc(-c2ccc(-c3ccc(N(c4ccccc4)c4ccccc4)cc3)s2)s1. The summed E-state index contributed by atoms with van der Waals surface area (Å²) in [5.41, 5.74) is 7.91. The van der Waals surface area contributed by atoms with Crippen LogP contribution in [0.5, 0.6) is 0 Å². The Labute approximate surface area is 270 Å². The van der Waals surface area contributed by atoms with Crippen LogP contribution in [-0.4, -0.2) is 4.98 Å². The predicted octanol–water partition coefficient (Wildman–Crippen LogP) is 12.5. The predicted molar refractivity (Wildman–Crippen MR) is 196 cm³/mol. The highest BCUT2D eigenvalue weighted by Gasteiger charge is 2.13. The number of fused-ring (bicyclic) bond motifs is 2. The van der Waals surface area contributed by atoms with Crippen molar-refractivity contribution >= 4 is 73.7 Å². The van der Waals surface area contributed by atoms with Crippen LogP contribution < -0.4 is 4.90 Å². The van der Waals surface area contributed by atoms with Crippen LogP contribution in [0, 0.1) is 0 Å². The van der Waals surface area contributed by atoms with E-state index in [0.29, 0.717) is 0 Å². The molecule has 0 N–H and O–H groups in total. The number of nitrogens with zero attached hydrogens (tertiary/aromatic N) is 2. The average Bonchev–Trinajstić information content (AvgIpc) is 3.79. The number of hydrogen-bond acceptors (Lipinski definition) is 4. The molecular formula is C41H28N2S2. The number of pyridine rings is 1. The summed E-state index contributed by atoms with van der Waals surface area (Å²) in [5, 5.41) is 2.35. The lowest BCUT2D eigenvalue weighted by molar-refractivity contribution is 1.28. The largest absolute Gasteiger partial charge is 0.311 e. The van der Waals surface area contributed by atoms with Gasteiger partial charge in [-0.1, -0.05) is 91.0 Å². The Bertz CT molecular complexity index is 2170. The molecule has 0 unspecified atom stereocenters. The third-order valence-electron chi connectivity index (χ3n) is 7.96. The first kappa shape index (κ1) is 27.3. The molecular weight excluding hydrogens is 585 g/mol. The second kappa shape index (κ2) is 12.0. The highest BCUT2D eigenvalue weighted by molar-refractivity contribution is 7.24. The van der Waals surface area contributed by atoms with E-state index >= 15 is 0 Å². The third-order valence-corrected chi connectivity index (χ3v) is 10.3. The number of hydrogen-bond donors (Lipinski definition) is 0. The van der Waals surface area contributed by atoms with E-state index < -0.39 is 0 Å². The van der Waals surface area contributed by atoms with Gasteiger partial charge in [0.25, 0.3) is 0 Å². The molecule has 0 bridgehead atoms. The minimum Gasteiger partial charge on any atom is -0.311 e. The molecule has 2 nitrogen and oxygen atoms in total. The van der Waals surface area contributed by atoms with Gasteiger partial charge in [-0.15, -0.1) is 22.7 Å². The van der Waals surface area contributed by atoms with Gasteiger partial charge in [0.2, 0.25) is 0 Å². The molecule has 0 aliphatic rings. The van der Waals surface area contributed by atoms with Crippen molar-refractivity contribution < 1.29 is 0 Å². The number of para-hydroxylation sites is 4. The van der Waals surface area contributed by atoms with Crippen LogP contribution >= 0.6 is 22.7 Å². The van der Waals surface area contributed by atoms with Crippen molar-refractivity contribution in [3.8, 4) is 20.2 Å². The Hall–Kier alpha value is -5.29. The summed E-state index contributed by atoms with van der Waals surface area (Å²) in [6, 6.07) is 55.7. The molecule has 4 heteroatoms. The van der Waals surface area contributed by atoms with Gasteiger partial charge in [-0.2, -0.15) is 0 Å². The van der Waals surface area contributed by atoms with E-state index in [0.717, 1.165) is 28.1 Å². The normalized spacial score (nSPS) is 11.5. The molecule has 0 aliphatic heterocycles. The van der Waals surface area contributed by atoms with E-state index in [1.54, 1.807) is 0 Å². The highest BCUT2D eigenvalue weighted by Crippen LogP contribution is 2.40. The quantitative estimate of drug-likeness (QED) is 0.166. The summed E-state index contributed by atoms with van der Waals surface area (Å²) in [6.45, 7) is 0. The summed E-state index contributed by atoms with van der Waals surface area (Å²) in [4.78, 5) is 12.2. The Kier molecular flexibility index (Phi) is 7.28. The first-order valence-corrected chi connectivity index (χ1v) is 16.6. The molecule has 0 saturated carbocycles. The van der Waals surface area contributed by atoms with Crippen molar-refractivity contribution in [2.75, 3.05) is 4.90 Å². The number of aromatic nitrogens is 1. The fourth-order valence-electron chi connectivity index (χ4n) is 5.79. The maximum absolute atomic E-state index is 4.87. The van der Waals surface area contributed by atoms with Gasteiger partial charge in [-0.3, -0.25) is 0 Å². The molecule has 3 aromatic heterocycles. The minimum absolute atomic E-state index is 1.02. The highest BCUT2D eigenvalue weighted by atomic mass is 32.1. The van der Waals surface area contributed by atoms with E-state index in [9.17, 15) is 0 Å². The molecule has 0 fully saturated rings. The molecule has 0 saturated heterocycles. The molecule has 0 aliphatic carbocycles. The summed E-state index contributed by atoms with van der Waals surface area (Å²) < 4.78 is 0. The lowest BCUT2D eigenvalue weighted by Crippen LogP contribution is -2.09. The Balaban J connectivity index is 1.05. The van der Waals surface area contributed by atoms with Gasteiger partial charge in [-0.25, -0.2) is 4.98 Å². The Morgan fingerprint density at radius 3 is 1.58 bits per heavy atom. The molecule has 5 aromatic carbocycles. The molecule has 0 atom stereocenters. The molecule has 0 radical (unpaired) electrons. The van der Waals surface area contributed by atoms with Crippen LogP contribution in [0.15, 0.2) is 158 Å². The topological polar surface area (TPSA) is 16.1 Å². The number of thiophene rings is 2. The minimum atomic E-state index is 1.02. The van der Waals surface area contributed by atoms with Crippen molar-refractivity contribution in [1.29, 1.82) is 0 Å². The zero-order valence-corrected chi connectivity index (χ0v) is 26.0. The van der Waals surface area contributed by atoms with Crippen LogP contribution in [0.4, 0.5) is 17.1 Å². The van der Waals surface area contributed by atoms with Crippen molar-refractivity contribution in [2.45, 2.75) is 0 Å². The van der Waals surface area contributed by atoms with Crippen LogP contribution in [-0.2, 0) is 0 Å². The second-order valence-corrected chi connectivity index (χ2v) is 13.0. The van der Waals surface area contributed by atoms with E-state index in [1.165, 1.54) is 41.4 Å². The fourth-order valence-corrected chi connectivity index (χ4v) is 7.81. The summed E-state index contributed by atoms with van der Waals surface area (Å²) in [5.74, 6) is 0. The molecule has 0 spiro atoms. The van der Waals surface area contributed by atoms with Crippen LogP contribution in [0.3, 0.4) is 0 Å². The van der Waals surface area contributed by atoms with Gasteiger partial charge in [0.1, 0.15) is 0 Å². The van der Waals surface area contributed by atoms with Gasteiger partial charge in [-0.05, 0) is 90.0 Å². The van der Waals surface area contributed by atoms with Crippen molar-refractivity contribution in [3.63, 3.8) is 0 Å². The zero-order chi connectivity index (χ0) is 30.0. The number of rotatable bonds is 7. The molecule has 214 valence electrons. The molecule has 45 heavy (non-hydrogen) atoms. The van der Waals surface area contributed by atoms with Gasteiger partial charge in [0.15, 0.2) is 0 Å². The first-order valence-electron chi connectivity index (χ1n) is 15.0. The number of anilines is 3. The Morgan fingerprint density at radius 1 is 0.422 bits per heavy atom. The van der Waals surface area contributed by atoms with Crippen molar-refractivity contribution in [1.82, 2.24) is 4.98 Å². The van der Waals surface area contributed by atoms with Crippen LogP contribution in [0.1, 0.15) is 10.4 Å². The van der Waals surface area contributed by atoms with Crippen molar-refractivity contribution in [3.05, 3.63) is 168 Å². The molecule has 8 rings (SSSR count). The second-order valence-electron chi connectivity index (χ2n) is 10.8. The summed E-state index contributed by atoms with van der Waals surface area (Å²) >= 11 is 3.67. The van der Waals surface area contributed by atoms with Crippen LogP contribution in [0.2, 0.25) is 0 Å². The zero-order valence-electron chi connectivity index (χ0n) is 24.4. The maximum atomic E-state index is 4.87. The van der Waals surface area contributed by atoms with Gasteiger partial charge >= 0.3 is 0 Å². The van der Waals surface area contributed by atoms with Gasteiger partial charge in [0, 0.05) is 47.3 Å². The summed E-state index contributed by atoms with van der Waals surface area (Å²) in [6.07, 6.45) is 4.48. The lowest BCUT2D eigenvalue weighted by Gasteiger charge is -2.25. The molecule has 8 aromatic rings. The lowest BCUT2D eigenvalue weighted by atomic mass is 10.0. The molecule has 0 amide bonds. The summed E-state index contributed by atoms with van der Waals surface area (Å²) in [7, 11) is 0. The third kappa shape index (κ3) is 5.46. The average molecular weight is 613 g/mol. The van der Waals surface area contributed by atoms with Crippen LogP contribution in [0.25, 0.3) is 54.2 Å². The van der Waals surface area contributed by atoms with E-state index in [-0.39, 0.29) is 0 Å². The van der Waals surface area contributed by atoms with E-state index in [1.807, 2.05) is 22.7 Å². The smallest absolute Gasteiger partial charge is 0.0715 e. The van der Waals surface area contributed by atoms with E-state index in [2.05, 4.69) is 175 Å². The van der Waals surface area contributed by atoms with Crippen molar-refractivity contribution in [2.24, 2.45) is 0 Å². The van der Waals surface area contributed by atoms with Gasteiger partial charge < -0.3 is 4.90 Å². The fraction of sp³-hybridized carbons (Fsp3) is 0. The number of benzene rings is 5. The standard InChI is InChI=1S/C41H28N2S2/c1-3-11-30(12-4-1)43(31-13-5-2-6-14-31)32-21-19-29(20-22-32)39-27-28-41(45-39)40-26-24-33(44-40)23-25-34-35-15-7-9-17-37(35)42-38-18-10-8-16-36(34)38/h1-28H/b25-23+. The molecule has 3 heterocycles. The van der Waals surface area contributed by atoms with Gasteiger partial charge in [0.05, 0.1) is 11.0 Å². The first-order chi connectivity index (χ1) is 22.3. The maximum Gasteiger partial charge on any atom is 0.0715 e.